The van der Waals surface area contributed by atoms with Crippen molar-refractivity contribution in [1.82, 2.24) is 0 Å². The van der Waals surface area contributed by atoms with Crippen LogP contribution in [0, 0.1) is 11.7 Å². The number of halogens is 1. The topological polar surface area (TPSA) is 52.8 Å². The number of nitrogens with zero attached hydrogens (tertiary/aromatic N) is 1. The smallest absolute Gasteiger partial charge is 0.124 e. The molecular formula is C11H12FNO2. The summed E-state index contributed by atoms with van der Waals surface area (Å²) in [5, 5.41) is 21.5. The fourth-order valence-electron chi connectivity index (χ4n) is 1.54. The van der Waals surface area contributed by atoms with E-state index >= 15 is 0 Å². The van der Waals surface area contributed by atoms with Gasteiger partial charge in [-0.05, 0) is 43.4 Å². The summed E-state index contributed by atoms with van der Waals surface area (Å²) in [5.74, 6) is 0.0168. The first-order chi connectivity index (χ1) is 7.20. The quantitative estimate of drug-likeness (QED) is 0.456. The van der Waals surface area contributed by atoms with Crippen molar-refractivity contribution < 1.29 is 14.7 Å². The number of hydrogen-bond donors (Lipinski definition) is 2. The SMILES string of the molecule is O/N=C(\CC1CC1)c1cc(F)ccc1O. The molecule has 2 rings (SSSR count). The van der Waals surface area contributed by atoms with Crippen LogP contribution in [0.25, 0.3) is 0 Å². The van der Waals surface area contributed by atoms with Crippen molar-refractivity contribution in [2.45, 2.75) is 19.3 Å². The van der Waals surface area contributed by atoms with Gasteiger partial charge in [0.05, 0.1) is 5.71 Å². The van der Waals surface area contributed by atoms with E-state index in [-0.39, 0.29) is 11.3 Å². The Hall–Kier alpha value is -1.58. The summed E-state index contributed by atoms with van der Waals surface area (Å²) in [7, 11) is 0. The molecule has 0 spiro atoms. The van der Waals surface area contributed by atoms with Gasteiger partial charge in [0.15, 0.2) is 0 Å². The molecule has 80 valence electrons. The molecule has 0 aliphatic heterocycles. The van der Waals surface area contributed by atoms with E-state index in [1.165, 1.54) is 18.2 Å². The van der Waals surface area contributed by atoms with Crippen LogP contribution >= 0.6 is 0 Å². The van der Waals surface area contributed by atoms with E-state index in [1.54, 1.807) is 0 Å². The average molecular weight is 209 g/mol. The maximum absolute atomic E-state index is 12.9. The first kappa shape index (κ1) is 9.96. The van der Waals surface area contributed by atoms with E-state index in [0.717, 1.165) is 12.8 Å². The molecule has 1 aliphatic carbocycles. The van der Waals surface area contributed by atoms with Gasteiger partial charge in [-0.15, -0.1) is 0 Å². The lowest BCUT2D eigenvalue weighted by molar-refractivity contribution is 0.317. The Labute approximate surface area is 86.9 Å². The zero-order valence-electron chi connectivity index (χ0n) is 8.15. The Morgan fingerprint density at radius 3 is 2.80 bits per heavy atom. The average Bonchev–Trinajstić information content (AvgIpc) is 3.02. The fraction of sp³-hybridized carbons (Fsp3) is 0.364. The molecule has 0 aromatic heterocycles. The van der Waals surface area contributed by atoms with Crippen molar-refractivity contribution >= 4 is 5.71 Å². The lowest BCUT2D eigenvalue weighted by atomic mass is 10.0. The molecule has 0 heterocycles. The van der Waals surface area contributed by atoms with E-state index in [4.69, 9.17) is 5.21 Å². The van der Waals surface area contributed by atoms with Gasteiger partial charge < -0.3 is 10.3 Å². The second-order valence-corrected chi connectivity index (χ2v) is 3.86. The molecule has 0 amide bonds. The normalized spacial score (nSPS) is 16.7. The van der Waals surface area contributed by atoms with E-state index in [9.17, 15) is 9.50 Å². The summed E-state index contributed by atoms with van der Waals surface area (Å²) in [4.78, 5) is 0. The van der Waals surface area contributed by atoms with Crippen molar-refractivity contribution in [3.63, 3.8) is 0 Å². The van der Waals surface area contributed by atoms with E-state index in [2.05, 4.69) is 5.16 Å². The monoisotopic (exact) mass is 209 g/mol. The first-order valence-corrected chi connectivity index (χ1v) is 4.90. The summed E-state index contributed by atoms with van der Waals surface area (Å²) in [6, 6.07) is 3.63. The molecule has 3 nitrogen and oxygen atoms in total. The fourth-order valence-corrected chi connectivity index (χ4v) is 1.54. The van der Waals surface area contributed by atoms with Gasteiger partial charge in [-0.3, -0.25) is 0 Å². The summed E-state index contributed by atoms with van der Waals surface area (Å²) in [6.07, 6.45) is 2.80. The molecule has 1 fully saturated rings. The number of oxime groups is 1. The lowest BCUT2D eigenvalue weighted by Crippen LogP contribution is -2.03. The predicted octanol–water partition coefficient (Wildman–Crippen LogP) is 2.51. The number of benzene rings is 1. The lowest BCUT2D eigenvalue weighted by Gasteiger charge is -2.06. The highest BCUT2D eigenvalue weighted by Crippen LogP contribution is 2.35. The van der Waals surface area contributed by atoms with Gasteiger partial charge in [-0.2, -0.15) is 0 Å². The summed E-state index contributed by atoms with van der Waals surface area (Å²) in [5.41, 5.74) is 0.638. The molecule has 0 atom stereocenters. The summed E-state index contributed by atoms with van der Waals surface area (Å²) < 4.78 is 12.9. The Morgan fingerprint density at radius 2 is 2.20 bits per heavy atom. The van der Waals surface area contributed by atoms with E-state index in [1.807, 2.05) is 0 Å². The van der Waals surface area contributed by atoms with Gasteiger partial charge >= 0.3 is 0 Å². The van der Waals surface area contributed by atoms with E-state index in [0.29, 0.717) is 18.1 Å². The van der Waals surface area contributed by atoms with Gasteiger partial charge in [0, 0.05) is 5.56 Å². The van der Waals surface area contributed by atoms with Crippen LogP contribution in [0.4, 0.5) is 4.39 Å². The summed E-state index contributed by atoms with van der Waals surface area (Å²) >= 11 is 0. The zero-order chi connectivity index (χ0) is 10.8. The zero-order valence-corrected chi connectivity index (χ0v) is 8.15. The van der Waals surface area contributed by atoms with Crippen LogP contribution in [0.1, 0.15) is 24.8 Å². The molecule has 4 heteroatoms. The molecule has 0 bridgehead atoms. The van der Waals surface area contributed by atoms with Gasteiger partial charge in [0.1, 0.15) is 11.6 Å². The van der Waals surface area contributed by atoms with Crippen LogP contribution < -0.4 is 0 Å². The minimum absolute atomic E-state index is 0.0511. The highest BCUT2D eigenvalue weighted by atomic mass is 19.1. The molecule has 0 radical (unpaired) electrons. The molecule has 15 heavy (non-hydrogen) atoms. The minimum Gasteiger partial charge on any atom is -0.507 e. The molecule has 1 aliphatic rings. The third-order valence-corrected chi connectivity index (χ3v) is 2.57. The molecule has 1 saturated carbocycles. The van der Waals surface area contributed by atoms with Crippen molar-refractivity contribution in [2.24, 2.45) is 11.1 Å². The Morgan fingerprint density at radius 1 is 1.47 bits per heavy atom. The van der Waals surface area contributed by atoms with Gasteiger partial charge in [0.25, 0.3) is 0 Å². The van der Waals surface area contributed by atoms with Gasteiger partial charge in [0.2, 0.25) is 0 Å². The molecule has 1 aromatic rings. The van der Waals surface area contributed by atoms with Crippen LogP contribution in [0.15, 0.2) is 23.4 Å². The van der Waals surface area contributed by atoms with E-state index < -0.39 is 5.82 Å². The molecule has 0 saturated heterocycles. The van der Waals surface area contributed by atoms with Crippen molar-refractivity contribution in [3.05, 3.63) is 29.6 Å². The number of rotatable bonds is 3. The largest absolute Gasteiger partial charge is 0.507 e. The van der Waals surface area contributed by atoms with Crippen molar-refractivity contribution in [2.75, 3.05) is 0 Å². The maximum Gasteiger partial charge on any atom is 0.124 e. The van der Waals surface area contributed by atoms with Gasteiger partial charge in [-0.25, -0.2) is 4.39 Å². The second-order valence-electron chi connectivity index (χ2n) is 3.86. The molecule has 2 N–H and O–H groups in total. The number of aromatic hydroxyl groups is 1. The van der Waals surface area contributed by atoms with Crippen LogP contribution in [0.3, 0.4) is 0 Å². The number of phenolic OH excluding ortho intramolecular Hbond substituents is 1. The second kappa shape index (κ2) is 3.88. The Bertz CT molecular complexity index is 400. The third kappa shape index (κ3) is 2.26. The van der Waals surface area contributed by atoms with Crippen LogP contribution in [-0.4, -0.2) is 16.0 Å². The number of hydrogen-bond acceptors (Lipinski definition) is 3. The Kier molecular flexibility index (Phi) is 2.58. The molecular weight excluding hydrogens is 197 g/mol. The minimum atomic E-state index is -0.445. The van der Waals surface area contributed by atoms with Crippen LogP contribution in [0.2, 0.25) is 0 Å². The first-order valence-electron chi connectivity index (χ1n) is 4.90. The van der Waals surface area contributed by atoms with Crippen molar-refractivity contribution in [3.8, 4) is 5.75 Å². The van der Waals surface area contributed by atoms with Crippen molar-refractivity contribution in [1.29, 1.82) is 0 Å². The predicted molar refractivity (Wildman–Crippen MR) is 53.7 cm³/mol. The van der Waals surface area contributed by atoms with Crippen LogP contribution in [-0.2, 0) is 0 Å². The highest BCUT2D eigenvalue weighted by molar-refractivity contribution is 6.02. The molecule has 1 aromatic carbocycles. The van der Waals surface area contributed by atoms with Gasteiger partial charge in [-0.1, -0.05) is 5.16 Å². The standard InChI is InChI=1S/C11H12FNO2/c12-8-3-4-11(14)9(6-8)10(13-15)5-7-1-2-7/h3-4,6-7,14-15H,1-2,5H2/b13-10+. The summed E-state index contributed by atoms with van der Waals surface area (Å²) in [6.45, 7) is 0. The number of phenols is 1. The Balaban J connectivity index is 2.28. The highest BCUT2D eigenvalue weighted by Gasteiger charge is 2.25. The van der Waals surface area contributed by atoms with Crippen LogP contribution in [0.5, 0.6) is 5.75 Å². The third-order valence-electron chi connectivity index (χ3n) is 2.57. The maximum atomic E-state index is 12.9. The molecule has 0 unspecified atom stereocenters.